The third kappa shape index (κ3) is 4.98. The number of ether oxygens (including phenoxy) is 1. The summed E-state index contributed by atoms with van der Waals surface area (Å²) < 4.78 is 32.1. The van der Waals surface area contributed by atoms with Crippen molar-refractivity contribution in [1.82, 2.24) is 9.97 Å². The van der Waals surface area contributed by atoms with E-state index in [-0.39, 0.29) is 29.0 Å². The van der Waals surface area contributed by atoms with Crippen LogP contribution in [0.1, 0.15) is 5.69 Å². The van der Waals surface area contributed by atoms with Crippen LogP contribution >= 0.6 is 11.6 Å². The highest BCUT2D eigenvalue weighted by Gasteiger charge is 2.11. The third-order valence-corrected chi connectivity index (χ3v) is 3.72. The number of nitrogens with zero attached hydrogens (tertiary/aromatic N) is 2. The second-order valence-electron chi connectivity index (χ2n) is 5.64. The lowest BCUT2D eigenvalue weighted by Crippen LogP contribution is -2.21. The fourth-order valence-corrected chi connectivity index (χ4v) is 2.42. The number of aromatic nitrogens is 2. The summed E-state index contributed by atoms with van der Waals surface area (Å²) in [6, 6.07) is 11.2. The van der Waals surface area contributed by atoms with Gasteiger partial charge in [-0.3, -0.25) is 4.79 Å². The number of benzene rings is 2. The minimum absolute atomic E-state index is 0.00105. The van der Waals surface area contributed by atoms with Crippen LogP contribution in [0.5, 0.6) is 5.88 Å². The normalized spacial score (nSPS) is 10.5. The van der Waals surface area contributed by atoms with Crippen LogP contribution in [0.4, 0.5) is 14.5 Å². The molecule has 5 nitrogen and oxygen atoms in total. The molecule has 0 unspecified atom stereocenters. The molecule has 0 radical (unpaired) electrons. The predicted molar refractivity (Wildman–Crippen MR) is 97.7 cm³/mol. The number of nitrogens with one attached hydrogen (secondary N) is 1. The van der Waals surface area contributed by atoms with Crippen molar-refractivity contribution >= 4 is 23.2 Å². The van der Waals surface area contributed by atoms with Crippen LogP contribution in [0.15, 0.2) is 48.5 Å². The van der Waals surface area contributed by atoms with Gasteiger partial charge in [-0.15, -0.1) is 0 Å². The Morgan fingerprint density at radius 1 is 1.11 bits per heavy atom. The van der Waals surface area contributed by atoms with Crippen molar-refractivity contribution in [2.75, 3.05) is 11.9 Å². The van der Waals surface area contributed by atoms with Gasteiger partial charge in [-0.1, -0.05) is 11.6 Å². The van der Waals surface area contributed by atoms with Gasteiger partial charge in [0.2, 0.25) is 5.88 Å². The fourth-order valence-electron chi connectivity index (χ4n) is 2.26. The van der Waals surface area contributed by atoms with Gasteiger partial charge in [0.25, 0.3) is 5.91 Å². The van der Waals surface area contributed by atoms with Crippen molar-refractivity contribution in [3.63, 3.8) is 0 Å². The molecule has 0 aliphatic rings. The highest BCUT2D eigenvalue weighted by Crippen LogP contribution is 2.20. The van der Waals surface area contributed by atoms with Crippen LogP contribution in [-0.2, 0) is 4.79 Å². The Balaban J connectivity index is 1.68. The quantitative estimate of drug-likeness (QED) is 0.702. The summed E-state index contributed by atoms with van der Waals surface area (Å²) in [4.78, 5) is 20.5. The molecule has 2 aromatic carbocycles. The first-order valence-corrected chi connectivity index (χ1v) is 8.28. The summed E-state index contributed by atoms with van der Waals surface area (Å²) in [5, 5.41) is 2.62. The van der Waals surface area contributed by atoms with E-state index >= 15 is 0 Å². The molecule has 0 aliphatic carbocycles. The summed E-state index contributed by atoms with van der Waals surface area (Å²) in [6.45, 7) is 1.37. The molecule has 1 N–H and O–H groups in total. The lowest BCUT2D eigenvalue weighted by Gasteiger charge is -2.09. The Labute approximate surface area is 159 Å². The zero-order chi connectivity index (χ0) is 19.4. The van der Waals surface area contributed by atoms with E-state index in [2.05, 4.69) is 15.3 Å². The van der Waals surface area contributed by atoms with Crippen molar-refractivity contribution in [2.45, 2.75) is 6.92 Å². The van der Waals surface area contributed by atoms with E-state index in [4.69, 9.17) is 16.3 Å². The molecular weight excluding hydrogens is 376 g/mol. The first-order valence-electron chi connectivity index (χ1n) is 7.90. The standard InChI is InChI=1S/C19H14ClF2N3O2/c1-11-8-18(25-19(23-11)12-2-5-14(21)6-3-12)27-10-17(26)24-16-7-4-13(20)9-15(16)22/h2-9H,10H2,1H3,(H,24,26). The van der Waals surface area contributed by atoms with Gasteiger partial charge >= 0.3 is 0 Å². The van der Waals surface area contributed by atoms with Gasteiger partial charge in [-0.25, -0.2) is 13.8 Å². The maximum absolute atomic E-state index is 13.7. The molecule has 0 atom stereocenters. The number of halogens is 3. The molecule has 0 aliphatic heterocycles. The summed E-state index contributed by atoms with van der Waals surface area (Å²) in [6.07, 6.45) is 0. The first-order chi connectivity index (χ1) is 12.9. The molecule has 27 heavy (non-hydrogen) atoms. The van der Waals surface area contributed by atoms with Gasteiger partial charge in [0, 0.05) is 22.3 Å². The molecule has 0 saturated carbocycles. The van der Waals surface area contributed by atoms with Crippen molar-refractivity contribution in [3.05, 3.63) is 70.9 Å². The number of anilines is 1. The lowest BCUT2D eigenvalue weighted by molar-refractivity contribution is -0.118. The van der Waals surface area contributed by atoms with Crippen LogP contribution in [-0.4, -0.2) is 22.5 Å². The zero-order valence-electron chi connectivity index (χ0n) is 14.2. The Kier molecular flexibility index (Phi) is 5.61. The molecule has 138 valence electrons. The van der Waals surface area contributed by atoms with Crippen molar-refractivity contribution in [2.24, 2.45) is 0 Å². The molecule has 0 bridgehead atoms. The Hall–Kier alpha value is -3.06. The summed E-state index contributed by atoms with van der Waals surface area (Å²) in [7, 11) is 0. The summed E-state index contributed by atoms with van der Waals surface area (Å²) in [5.74, 6) is -1.06. The second kappa shape index (κ2) is 8.09. The Morgan fingerprint density at radius 2 is 1.85 bits per heavy atom. The number of amides is 1. The minimum Gasteiger partial charge on any atom is -0.467 e. The van der Waals surface area contributed by atoms with E-state index in [0.717, 1.165) is 6.07 Å². The first kappa shape index (κ1) is 18.7. The average molecular weight is 390 g/mol. The van der Waals surface area contributed by atoms with Crippen LogP contribution in [0.2, 0.25) is 5.02 Å². The molecule has 0 saturated heterocycles. The van der Waals surface area contributed by atoms with Crippen LogP contribution in [0.25, 0.3) is 11.4 Å². The summed E-state index contributed by atoms with van der Waals surface area (Å²) in [5.41, 5.74) is 1.22. The molecule has 1 aromatic heterocycles. The van der Waals surface area contributed by atoms with E-state index < -0.39 is 11.7 Å². The molecule has 8 heteroatoms. The predicted octanol–water partition coefficient (Wildman–Crippen LogP) is 4.40. The van der Waals surface area contributed by atoms with E-state index in [9.17, 15) is 13.6 Å². The van der Waals surface area contributed by atoms with E-state index in [1.54, 1.807) is 25.1 Å². The topological polar surface area (TPSA) is 64.1 Å². The van der Waals surface area contributed by atoms with E-state index in [1.165, 1.54) is 24.3 Å². The molecule has 0 spiro atoms. The van der Waals surface area contributed by atoms with Gasteiger partial charge in [0.15, 0.2) is 12.4 Å². The zero-order valence-corrected chi connectivity index (χ0v) is 14.9. The van der Waals surface area contributed by atoms with Gasteiger partial charge in [-0.05, 0) is 49.4 Å². The SMILES string of the molecule is Cc1cc(OCC(=O)Nc2ccc(Cl)cc2F)nc(-c2ccc(F)cc2)n1. The van der Waals surface area contributed by atoms with Gasteiger partial charge < -0.3 is 10.1 Å². The van der Waals surface area contributed by atoms with E-state index in [1.807, 2.05) is 0 Å². The van der Waals surface area contributed by atoms with Gasteiger partial charge in [0.1, 0.15) is 11.6 Å². The Morgan fingerprint density at radius 3 is 2.56 bits per heavy atom. The minimum atomic E-state index is -0.646. The van der Waals surface area contributed by atoms with Crippen molar-refractivity contribution < 1.29 is 18.3 Å². The molecular formula is C19H14ClF2N3O2. The maximum Gasteiger partial charge on any atom is 0.262 e. The number of hydrogen-bond donors (Lipinski definition) is 1. The fraction of sp³-hybridized carbons (Fsp3) is 0.105. The van der Waals surface area contributed by atoms with Gasteiger partial charge in [-0.2, -0.15) is 4.98 Å². The molecule has 3 rings (SSSR count). The third-order valence-electron chi connectivity index (χ3n) is 3.49. The van der Waals surface area contributed by atoms with Crippen LogP contribution in [0, 0.1) is 18.6 Å². The van der Waals surface area contributed by atoms with Crippen molar-refractivity contribution in [3.8, 4) is 17.3 Å². The smallest absolute Gasteiger partial charge is 0.262 e. The lowest BCUT2D eigenvalue weighted by atomic mass is 10.2. The molecule has 1 amide bonds. The average Bonchev–Trinajstić information content (AvgIpc) is 2.62. The second-order valence-corrected chi connectivity index (χ2v) is 6.08. The number of hydrogen-bond acceptors (Lipinski definition) is 4. The van der Waals surface area contributed by atoms with Gasteiger partial charge in [0.05, 0.1) is 5.69 Å². The number of rotatable bonds is 5. The molecule has 3 aromatic rings. The molecule has 1 heterocycles. The number of carbonyl (C=O) groups is 1. The molecule has 0 fully saturated rings. The maximum atomic E-state index is 13.7. The number of carbonyl (C=O) groups excluding carboxylic acids is 1. The summed E-state index contributed by atoms with van der Waals surface area (Å²) >= 11 is 5.67. The Bertz CT molecular complexity index is 981. The number of aryl methyl sites for hydroxylation is 1. The monoisotopic (exact) mass is 389 g/mol. The van der Waals surface area contributed by atoms with Crippen LogP contribution in [0.3, 0.4) is 0 Å². The van der Waals surface area contributed by atoms with Crippen molar-refractivity contribution in [1.29, 1.82) is 0 Å². The largest absolute Gasteiger partial charge is 0.467 e. The highest BCUT2D eigenvalue weighted by molar-refractivity contribution is 6.30. The van der Waals surface area contributed by atoms with Crippen LogP contribution < -0.4 is 10.1 Å². The van der Waals surface area contributed by atoms with E-state index in [0.29, 0.717) is 17.1 Å². The highest BCUT2D eigenvalue weighted by atomic mass is 35.5.